The number of piperidine rings is 1. The van der Waals surface area contributed by atoms with Gasteiger partial charge in [-0.2, -0.15) is 0 Å². The Morgan fingerprint density at radius 2 is 1.89 bits per heavy atom. The zero-order valence-electron chi connectivity index (χ0n) is 11.6. The molecule has 5 nitrogen and oxygen atoms in total. The van der Waals surface area contributed by atoms with E-state index in [1.54, 1.807) is 6.92 Å². The first-order chi connectivity index (χ1) is 9.03. The smallest absolute Gasteiger partial charge is 0.224 e. The predicted octanol–water partition coefficient (Wildman–Crippen LogP) is 1.11. The lowest BCUT2D eigenvalue weighted by Gasteiger charge is -2.31. The second-order valence-electron chi connectivity index (χ2n) is 5.59. The molecule has 1 aliphatic heterocycles. The number of nitrogens with zero attached hydrogens (tertiary/aromatic N) is 1. The van der Waals surface area contributed by atoms with Gasteiger partial charge in [0.05, 0.1) is 11.7 Å². The Morgan fingerprint density at radius 1 is 1.21 bits per heavy atom. The van der Waals surface area contributed by atoms with Gasteiger partial charge in [-0.1, -0.05) is 12.8 Å². The van der Waals surface area contributed by atoms with Crippen LogP contribution >= 0.6 is 0 Å². The quantitative estimate of drug-likeness (QED) is 0.842. The lowest BCUT2D eigenvalue weighted by Crippen LogP contribution is -2.47. The maximum absolute atomic E-state index is 12.2. The van der Waals surface area contributed by atoms with Gasteiger partial charge in [0.15, 0.2) is 0 Å². The van der Waals surface area contributed by atoms with Gasteiger partial charge in [-0.15, -0.1) is 0 Å². The van der Waals surface area contributed by atoms with Crippen molar-refractivity contribution in [2.24, 2.45) is 5.92 Å². The molecular formula is C13H24N2O3S. The van der Waals surface area contributed by atoms with Crippen LogP contribution in [0.4, 0.5) is 0 Å². The van der Waals surface area contributed by atoms with E-state index in [-0.39, 0.29) is 17.6 Å². The van der Waals surface area contributed by atoms with Crippen LogP contribution in [0.25, 0.3) is 0 Å². The van der Waals surface area contributed by atoms with E-state index in [1.165, 1.54) is 17.1 Å². The fourth-order valence-corrected chi connectivity index (χ4v) is 4.16. The van der Waals surface area contributed by atoms with Crippen LogP contribution in [-0.4, -0.2) is 43.5 Å². The normalized spacial score (nSPS) is 26.5. The molecule has 0 spiro atoms. The van der Waals surface area contributed by atoms with Gasteiger partial charge in [-0.25, -0.2) is 12.7 Å². The third kappa shape index (κ3) is 3.69. The van der Waals surface area contributed by atoms with E-state index in [2.05, 4.69) is 5.32 Å². The summed E-state index contributed by atoms with van der Waals surface area (Å²) in [6.07, 6.45) is 6.08. The Labute approximate surface area is 115 Å². The van der Waals surface area contributed by atoms with Crippen LogP contribution < -0.4 is 5.32 Å². The summed E-state index contributed by atoms with van der Waals surface area (Å²) in [6, 6.07) is 0.311. The number of rotatable bonds is 4. The molecule has 2 rings (SSSR count). The summed E-state index contributed by atoms with van der Waals surface area (Å²) < 4.78 is 25.2. The lowest BCUT2D eigenvalue weighted by molar-refractivity contribution is -0.126. The van der Waals surface area contributed by atoms with Crippen molar-refractivity contribution in [2.45, 2.75) is 51.5 Å². The Hall–Kier alpha value is -0.620. The van der Waals surface area contributed by atoms with E-state index < -0.39 is 10.0 Å². The molecule has 0 aromatic rings. The highest BCUT2D eigenvalue weighted by molar-refractivity contribution is 7.89. The lowest BCUT2D eigenvalue weighted by atomic mass is 9.98. The molecule has 1 aliphatic carbocycles. The second kappa shape index (κ2) is 6.22. The molecule has 110 valence electrons. The van der Waals surface area contributed by atoms with Crippen LogP contribution in [0.3, 0.4) is 0 Å². The van der Waals surface area contributed by atoms with Crippen LogP contribution in [0.1, 0.15) is 45.4 Å². The number of hydrogen-bond acceptors (Lipinski definition) is 3. The summed E-state index contributed by atoms with van der Waals surface area (Å²) in [5, 5.41) is 3.08. The minimum Gasteiger partial charge on any atom is -0.353 e. The van der Waals surface area contributed by atoms with Crippen molar-refractivity contribution in [2.75, 3.05) is 18.8 Å². The van der Waals surface area contributed by atoms with Crippen molar-refractivity contribution in [1.82, 2.24) is 9.62 Å². The molecular weight excluding hydrogens is 264 g/mol. The monoisotopic (exact) mass is 288 g/mol. The molecule has 1 atom stereocenters. The van der Waals surface area contributed by atoms with Gasteiger partial charge in [0, 0.05) is 19.1 Å². The summed E-state index contributed by atoms with van der Waals surface area (Å²) in [5.74, 6) is -0.0113. The molecule has 6 heteroatoms. The first kappa shape index (κ1) is 14.8. The Balaban J connectivity index is 1.91. The van der Waals surface area contributed by atoms with E-state index in [0.717, 1.165) is 25.7 Å². The number of nitrogens with one attached hydrogen (secondary N) is 1. The summed E-state index contributed by atoms with van der Waals surface area (Å²) >= 11 is 0. The fourth-order valence-electron chi connectivity index (χ4n) is 2.98. The Kier molecular flexibility index (Phi) is 4.84. The molecule has 1 saturated heterocycles. The molecule has 1 amide bonds. The van der Waals surface area contributed by atoms with Crippen molar-refractivity contribution in [3.05, 3.63) is 0 Å². The molecule has 0 unspecified atom stereocenters. The van der Waals surface area contributed by atoms with Crippen LogP contribution in [0, 0.1) is 5.92 Å². The average Bonchev–Trinajstić information content (AvgIpc) is 2.91. The van der Waals surface area contributed by atoms with Crippen LogP contribution in [0.5, 0.6) is 0 Å². The van der Waals surface area contributed by atoms with E-state index >= 15 is 0 Å². The molecule has 2 fully saturated rings. The van der Waals surface area contributed by atoms with Crippen molar-refractivity contribution in [1.29, 1.82) is 0 Å². The van der Waals surface area contributed by atoms with E-state index in [1.807, 2.05) is 0 Å². The van der Waals surface area contributed by atoms with Gasteiger partial charge in [-0.3, -0.25) is 4.79 Å². The van der Waals surface area contributed by atoms with Crippen molar-refractivity contribution < 1.29 is 13.2 Å². The van der Waals surface area contributed by atoms with Gasteiger partial charge in [0.2, 0.25) is 15.9 Å². The predicted molar refractivity (Wildman–Crippen MR) is 74.2 cm³/mol. The fraction of sp³-hybridized carbons (Fsp3) is 0.923. The van der Waals surface area contributed by atoms with Crippen LogP contribution in [-0.2, 0) is 14.8 Å². The first-order valence-electron chi connectivity index (χ1n) is 7.31. The average molecular weight is 288 g/mol. The number of sulfonamides is 1. The van der Waals surface area contributed by atoms with Crippen molar-refractivity contribution >= 4 is 15.9 Å². The van der Waals surface area contributed by atoms with Gasteiger partial charge < -0.3 is 5.32 Å². The molecule has 2 aliphatic rings. The second-order valence-corrected chi connectivity index (χ2v) is 7.85. The van der Waals surface area contributed by atoms with E-state index in [4.69, 9.17) is 0 Å². The molecule has 0 radical (unpaired) electrons. The van der Waals surface area contributed by atoms with E-state index in [9.17, 15) is 13.2 Å². The Morgan fingerprint density at radius 3 is 2.53 bits per heavy atom. The highest BCUT2D eigenvalue weighted by Gasteiger charge is 2.32. The number of carbonyl (C=O) groups is 1. The summed E-state index contributed by atoms with van der Waals surface area (Å²) in [4.78, 5) is 12.2. The third-order valence-electron chi connectivity index (χ3n) is 4.21. The van der Waals surface area contributed by atoms with Gasteiger partial charge in [-0.05, 0) is 32.6 Å². The molecule has 0 aromatic carbocycles. The summed E-state index contributed by atoms with van der Waals surface area (Å²) in [5.41, 5.74) is 0. The third-order valence-corrected chi connectivity index (χ3v) is 6.06. The summed E-state index contributed by atoms with van der Waals surface area (Å²) in [6.45, 7) is 2.57. The van der Waals surface area contributed by atoms with Gasteiger partial charge in [0.25, 0.3) is 0 Å². The molecule has 0 bridgehead atoms. The highest BCUT2D eigenvalue weighted by atomic mass is 32.2. The number of amides is 1. The van der Waals surface area contributed by atoms with Crippen LogP contribution in [0.2, 0.25) is 0 Å². The molecule has 0 aromatic heterocycles. The summed E-state index contributed by atoms with van der Waals surface area (Å²) in [7, 11) is -3.16. The highest BCUT2D eigenvalue weighted by Crippen LogP contribution is 2.22. The van der Waals surface area contributed by atoms with Crippen molar-refractivity contribution in [3.8, 4) is 0 Å². The van der Waals surface area contributed by atoms with E-state index in [0.29, 0.717) is 19.1 Å². The van der Waals surface area contributed by atoms with Gasteiger partial charge in [0.1, 0.15) is 0 Å². The van der Waals surface area contributed by atoms with Gasteiger partial charge >= 0.3 is 0 Å². The molecule has 1 N–H and O–H groups in total. The standard InChI is InChI=1S/C13H24N2O3S/c1-2-19(17,18)15-9-5-6-11(10-15)13(16)14-12-7-3-4-8-12/h11-12H,2-10H2,1H3,(H,14,16)/t11-/m0/s1. The minimum absolute atomic E-state index is 0.0444. The topological polar surface area (TPSA) is 66.5 Å². The minimum atomic E-state index is -3.16. The molecule has 1 heterocycles. The zero-order chi connectivity index (χ0) is 13.9. The maximum Gasteiger partial charge on any atom is 0.224 e. The van der Waals surface area contributed by atoms with Crippen LogP contribution in [0.15, 0.2) is 0 Å². The Bertz CT molecular complexity index is 416. The largest absolute Gasteiger partial charge is 0.353 e. The first-order valence-corrected chi connectivity index (χ1v) is 8.92. The number of hydrogen-bond donors (Lipinski definition) is 1. The molecule has 1 saturated carbocycles. The number of carbonyl (C=O) groups excluding carboxylic acids is 1. The zero-order valence-corrected chi connectivity index (χ0v) is 12.4. The SMILES string of the molecule is CCS(=O)(=O)N1CCC[C@H](C(=O)NC2CCCC2)C1. The molecule has 19 heavy (non-hydrogen) atoms. The van der Waals surface area contributed by atoms with Crippen molar-refractivity contribution in [3.63, 3.8) is 0 Å². The maximum atomic E-state index is 12.2.